The molecule has 6 nitrogen and oxygen atoms in total. The van der Waals surface area contributed by atoms with Crippen LogP contribution in [-0.2, 0) is 11.5 Å². The van der Waals surface area contributed by atoms with Crippen molar-refractivity contribution in [2.45, 2.75) is 6.73 Å². The second-order valence-corrected chi connectivity index (χ2v) is 3.06. The number of methoxy groups -OCH3 is 1. The number of nitrogens with zero attached hydrogens (tertiary/aromatic N) is 3. The monoisotopic (exact) mass is 207 g/mol. The Morgan fingerprint density at radius 1 is 1.60 bits per heavy atom. The number of fused-ring (bicyclic) bond motifs is 1. The molecule has 0 aliphatic rings. The number of ether oxygens (including phenoxy) is 1. The summed E-state index contributed by atoms with van der Waals surface area (Å²) in [4.78, 5) is 10.1. The molecule has 0 aliphatic carbocycles. The summed E-state index contributed by atoms with van der Waals surface area (Å²) in [5, 5.41) is 15.3. The first-order chi connectivity index (χ1) is 7.22. The number of aromatic nitrogens is 2. The molecular formula is C9H9N3O3. The molecule has 1 aromatic carbocycles. The van der Waals surface area contributed by atoms with Gasteiger partial charge in [0, 0.05) is 24.6 Å². The van der Waals surface area contributed by atoms with Gasteiger partial charge in [0.1, 0.15) is 6.73 Å². The largest absolute Gasteiger partial charge is 0.362 e. The zero-order valence-electron chi connectivity index (χ0n) is 8.08. The first kappa shape index (κ1) is 9.60. The van der Waals surface area contributed by atoms with Crippen molar-refractivity contribution in [2.75, 3.05) is 7.11 Å². The Balaban J connectivity index is 2.51. The van der Waals surface area contributed by atoms with Crippen LogP contribution in [0.4, 0.5) is 5.69 Å². The molecule has 0 N–H and O–H groups in total. The zero-order valence-corrected chi connectivity index (χ0v) is 8.08. The van der Waals surface area contributed by atoms with E-state index in [0.29, 0.717) is 6.73 Å². The van der Waals surface area contributed by atoms with Crippen molar-refractivity contribution in [2.24, 2.45) is 0 Å². The molecule has 1 aromatic heterocycles. The smallest absolute Gasteiger partial charge is 0.270 e. The summed E-state index contributed by atoms with van der Waals surface area (Å²) in [6.07, 6.45) is 1.58. The second-order valence-electron chi connectivity index (χ2n) is 3.06. The SMILES string of the molecule is COCn1ncc2cc([N+](=O)[O-])ccc21. The van der Waals surface area contributed by atoms with Gasteiger partial charge in [0.05, 0.1) is 16.6 Å². The molecular weight excluding hydrogens is 198 g/mol. The third-order valence-corrected chi connectivity index (χ3v) is 2.09. The summed E-state index contributed by atoms with van der Waals surface area (Å²) in [6.45, 7) is 0.335. The van der Waals surface area contributed by atoms with E-state index in [4.69, 9.17) is 4.74 Å². The normalized spacial score (nSPS) is 10.7. The van der Waals surface area contributed by atoms with E-state index in [1.54, 1.807) is 24.1 Å². The first-order valence-corrected chi connectivity index (χ1v) is 4.31. The minimum absolute atomic E-state index is 0.0690. The van der Waals surface area contributed by atoms with Crippen LogP contribution in [0.3, 0.4) is 0 Å². The van der Waals surface area contributed by atoms with Crippen molar-refractivity contribution in [3.8, 4) is 0 Å². The van der Waals surface area contributed by atoms with Gasteiger partial charge < -0.3 is 4.74 Å². The number of non-ortho nitro benzene ring substituents is 1. The maximum atomic E-state index is 10.5. The molecule has 0 amide bonds. The Morgan fingerprint density at radius 3 is 3.07 bits per heavy atom. The molecule has 0 atom stereocenters. The summed E-state index contributed by atoms with van der Waals surface area (Å²) < 4.78 is 6.58. The quantitative estimate of drug-likeness (QED) is 0.565. The number of rotatable bonds is 3. The Bertz CT molecular complexity index is 506. The van der Waals surface area contributed by atoms with E-state index in [1.165, 1.54) is 12.1 Å². The number of hydrogen-bond donors (Lipinski definition) is 0. The Labute approximate surface area is 85.2 Å². The Kier molecular flexibility index (Phi) is 2.34. The van der Waals surface area contributed by atoms with Crippen LogP contribution >= 0.6 is 0 Å². The highest BCUT2D eigenvalue weighted by Crippen LogP contribution is 2.20. The van der Waals surface area contributed by atoms with Crippen molar-refractivity contribution < 1.29 is 9.66 Å². The zero-order chi connectivity index (χ0) is 10.8. The van der Waals surface area contributed by atoms with Crippen molar-refractivity contribution in [1.29, 1.82) is 0 Å². The van der Waals surface area contributed by atoms with Gasteiger partial charge in [-0.25, -0.2) is 4.68 Å². The van der Waals surface area contributed by atoms with Gasteiger partial charge in [0.15, 0.2) is 0 Å². The molecule has 0 saturated carbocycles. The first-order valence-electron chi connectivity index (χ1n) is 4.31. The summed E-state index contributed by atoms with van der Waals surface area (Å²) in [6, 6.07) is 4.62. The molecule has 0 saturated heterocycles. The molecule has 0 radical (unpaired) electrons. The van der Waals surface area contributed by atoms with Crippen LogP contribution < -0.4 is 0 Å². The average molecular weight is 207 g/mol. The summed E-state index contributed by atoms with van der Waals surface area (Å²) >= 11 is 0. The Hall–Kier alpha value is -1.95. The van der Waals surface area contributed by atoms with Crippen LogP contribution in [-0.4, -0.2) is 21.8 Å². The highest BCUT2D eigenvalue weighted by molar-refractivity contribution is 5.81. The maximum Gasteiger partial charge on any atom is 0.270 e. The molecule has 0 bridgehead atoms. The number of benzene rings is 1. The fraction of sp³-hybridized carbons (Fsp3) is 0.222. The lowest BCUT2D eigenvalue weighted by atomic mass is 10.2. The van der Waals surface area contributed by atoms with Gasteiger partial charge in [-0.2, -0.15) is 5.10 Å². The van der Waals surface area contributed by atoms with E-state index in [1.807, 2.05) is 0 Å². The van der Waals surface area contributed by atoms with Crippen molar-refractivity contribution in [1.82, 2.24) is 9.78 Å². The molecule has 0 unspecified atom stereocenters. The molecule has 0 fully saturated rings. The van der Waals surface area contributed by atoms with Crippen LogP contribution in [0.25, 0.3) is 10.9 Å². The van der Waals surface area contributed by atoms with E-state index in [9.17, 15) is 10.1 Å². The topological polar surface area (TPSA) is 70.2 Å². The third kappa shape index (κ3) is 1.66. The molecule has 2 rings (SSSR count). The van der Waals surface area contributed by atoms with E-state index >= 15 is 0 Å². The van der Waals surface area contributed by atoms with Gasteiger partial charge in [0.25, 0.3) is 5.69 Å². The van der Waals surface area contributed by atoms with Crippen LogP contribution in [0, 0.1) is 10.1 Å². The molecule has 2 aromatic rings. The molecule has 78 valence electrons. The lowest BCUT2D eigenvalue weighted by Crippen LogP contribution is -2.00. The molecule has 6 heteroatoms. The lowest BCUT2D eigenvalue weighted by Gasteiger charge is -2.00. The highest BCUT2D eigenvalue weighted by Gasteiger charge is 2.08. The maximum absolute atomic E-state index is 10.5. The lowest BCUT2D eigenvalue weighted by molar-refractivity contribution is -0.384. The third-order valence-electron chi connectivity index (χ3n) is 2.09. The fourth-order valence-corrected chi connectivity index (χ4v) is 1.41. The minimum Gasteiger partial charge on any atom is -0.362 e. The predicted octanol–water partition coefficient (Wildman–Crippen LogP) is 1.55. The summed E-state index contributed by atoms with van der Waals surface area (Å²) in [5.74, 6) is 0. The molecule has 0 spiro atoms. The summed E-state index contributed by atoms with van der Waals surface area (Å²) in [7, 11) is 1.57. The van der Waals surface area contributed by atoms with E-state index in [-0.39, 0.29) is 5.69 Å². The van der Waals surface area contributed by atoms with Crippen molar-refractivity contribution in [3.63, 3.8) is 0 Å². The number of nitro benzene ring substituents is 1. The predicted molar refractivity (Wildman–Crippen MR) is 53.4 cm³/mol. The molecule has 1 heterocycles. The van der Waals surface area contributed by atoms with E-state index < -0.39 is 4.92 Å². The number of nitro groups is 1. The van der Waals surface area contributed by atoms with Crippen LogP contribution in [0.2, 0.25) is 0 Å². The van der Waals surface area contributed by atoms with Gasteiger partial charge in [-0.3, -0.25) is 10.1 Å². The minimum atomic E-state index is -0.424. The van der Waals surface area contributed by atoms with Gasteiger partial charge >= 0.3 is 0 Å². The van der Waals surface area contributed by atoms with Crippen LogP contribution in [0.15, 0.2) is 24.4 Å². The summed E-state index contributed by atoms with van der Waals surface area (Å²) in [5.41, 5.74) is 0.891. The van der Waals surface area contributed by atoms with E-state index in [2.05, 4.69) is 5.10 Å². The van der Waals surface area contributed by atoms with Gasteiger partial charge in [0.2, 0.25) is 0 Å². The van der Waals surface area contributed by atoms with Crippen molar-refractivity contribution in [3.05, 3.63) is 34.5 Å². The molecule has 0 aliphatic heterocycles. The van der Waals surface area contributed by atoms with Gasteiger partial charge in [-0.15, -0.1) is 0 Å². The fourth-order valence-electron chi connectivity index (χ4n) is 1.41. The van der Waals surface area contributed by atoms with Crippen LogP contribution in [0.5, 0.6) is 0 Å². The second kappa shape index (κ2) is 3.66. The average Bonchev–Trinajstić information content (AvgIpc) is 2.61. The standard InChI is InChI=1S/C9H9N3O3/c1-15-6-11-9-3-2-8(12(13)14)4-7(9)5-10-11/h2-5H,6H2,1H3. The highest BCUT2D eigenvalue weighted by atomic mass is 16.6. The van der Waals surface area contributed by atoms with E-state index in [0.717, 1.165) is 10.9 Å². The number of hydrogen-bond acceptors (Lipinski definition) is 4. The van der Waals surface area contributed by atoms with Gasteiger partial charge in [-0.1, -0.05) is 0 Å². The van der Waals surface area contributed by atoms with Gasteiger partial charge in [-0.05, 0) is 6.07 Å². The molecule has 15 heavy (non-hydrogen) atoms. The van der Waals surface area contributed by atoms with Crippen molar-refractivity contribution >= 4 is 16.6 Å². The Morgan fingerprint density at radius 2 is 2.40 bits per heavy atom. The van der Waals surface area contributed by atoms with Crippen LogP contribution in [0.1, 0.15) is 0 Å².